The molecule has 2 aromatic heterocycles. The number of halogens is 1. The van der Waals surface area contributed by atoms with E-state index in [2.05, 4.69) is 15.6 Å². The van der Waals surface area contributed by atoms with Gasteiger partial charge in [0.1, 0.15) is 0 Å². The van der Waals surface area contributed by atoms with Gasteiger partial charge in [0.15, 0.2) is 5.65 Å². The van der Waals surface area contributed by atoms with Crippen molar-refractivity contribution in [1.82, 2.24) is 9.38 Å². The van der Waals surface area contributed by atoms with E-state index >= 15 is 0 Å². The molecule has 1 aliphatic rings. The van der Waals surface area contributed by atoms with Crippen LogP contribution in [0.15, 0.2) is 18.3 Å². The number of hydrogen-bond acceptors (Lipinski definition) is 1. The maximum atomic E-state index is 6.17. The van der Waals surface area contributed by atoms with Gasteiger partial charge < -0.3 is 4.40 Å². The SMILES string of the molecule is Clc1cccn2c3c(nc12)CCCCCC3. The summed E-state index contributed by atoms with van der Waals surface area (Å²) in [5, 5.41) is 0.759. The third kappa shape index (κ3) is 1.61. The molecule has 0 unspecified atom stereocenters. The fourth-order valence-corrected chi connectivity index (χ4v) is 2.74. The van der Waals surface area contributed by atoms with E-state index in [9.17, 15) is 0 Å². The van der Waals surface area contributed by atoms with Gasteiger partial charge in [-0.05, 0) is 37.8 Å². The van der Waals surface area contributed by atoms with Gasteiger partial charge in [0.25, 0.3) is 0 Å². The third-order valence-corrected chi connectivity index (χ3v) is 3.66. The highest BCUT2D eigenvalue weighted by molar-refractivity contribution is 6.33. The average Bonchev–Trinajstić information content (AvgIpc) is 2.57. The van der Waals surface area contributed by atoms with Crippen LogP contribution < -0.4 is 0 Å². The van der Waals surface area contributed by atoms with Crippen LogP contribution in [0.3, 0.4) is 0 Å². The van der Waals surface area contributed by atoms with Crippen molar-refractivity contribution in [2.45, 2.75) is 38.5 Å². The maximum Gasteiger partial charge on any atom is 0.156 e. The first-order chi connectivity index (χ1) is 7.86. The molecule has 1 aliphatic carbocycles. The first-order valence-electron chi connectivity index (χ1n) is 6.00. The van der Waals surface area contributed by atoms with E-state index in [-0.39, 0.29) is 0 Å². The predicted octanol–water partition coefficient (Wildman–Crippen LogP) is 3.65. The Morgan fingerprint density at radius 1 is 1.12 bits per heavy atom. The van der Waals surface area contributed by atoms with Gasteiger partial charge in [-0.25, -0.2) is 4.98 Å². The molecule has 3 rings (SSSR count). The molecule has 0 aliphatic heterocycles. The standard InChI is InChI=1S/C13H15ClN2/c14-10-6-5-9-16-12-8-4-2-1-3-7-11(12)15-13(10)16/h5-6,9H,1-4,7-8H2. The summed E-state index contributed by atoms with van der Waals surface area (Å²) >= 11 is 6.17. The maximum absolute atomic E-state index is 6.17. The summed E-state index contributed by atoms with van der Waals surface area (Å²) in [6.07, 6.45) is 9.52. The number of nitrogens with zero attached hydrogens (tertiary/aromatic N) is 2. The lowest BCUT2D eigenvalue weighted by atomic mass is 10.0. The fraction of sp³-hybridized carbons (Fsp3) is 0.462. The molecule has 0 spiro atoms. The van der Waals surface area contributed by atoms with Crippen molar-refractivity contribution in [3.63, 3.8) is 0 Å². The Balaban J connectivity index is 2.20. The van der Waals surface area contributed by atoms with Gasteiger partial charge in [0, 0.05) is 11.9 Å². The summed E-state index contributed by atoms with van der Waals surface area (Å²) in [6, 6.07) is 3.91. The quantitative estimate of drug-likeness (QED) is 0.680. The van der Waals surface area contributed by atoms with Crippen molar-refractivity contribution in [2.75, 3.05) is 0 Å². The van der Waals surface area contributed by atoms with Crippen molar-refractivity contribution in [1.29, 1.82) is 0 Å². The largest absolute Gasteiger partial charge is 0.303 e. The second-order valence-corrected chi connectivity index (χ2v) is 4.88. The Morgan fingerprint density at radius 3 is 2.81 bits per heavy atom. The third-order valence-electron chi connectivity index (χ3n) is 3.36. The molecule has 0 N–H and O–H groups in total. The molecule has 0 aromatic carbocycles. The highest BCUT2D eigenvalue weighted by Crippen LogP contribution is 2.24. The first-order valence-corrected chi connectivity index (χ1v) is 6.38. The lowest BCUT2D eigenvalue weighted by molar-refractivity contribution is 0.605. The summed E-state index contributed by atoms with van der Waals surface area (Å²) in [4.78, 5) is 4.69. The second kappa shape index (κ2) is 4.10. The molecule has 84 valence electrons. The van der Waals surface area contributed by atoms with E-state index in [1.807, 2.05) is 12.1 Å². The Bertz CT molecular complexity index is 516. The summed E-state index contributed by atoms with van der Waals surface area (Å²) in [7, 11) is 0. The van der Waals surface area contributed by atoms with E-state index in [0.29, 0.717) is 0 Å². The monoisotopic (exact) mass is 234 g/mol. The summed E-state index contributed by atoms with van der Waals surface area (Å²) in [6.45, 7) is 0. The van der Waals surface area contributed by atoms with E-state index in [1.165, 1.54) is 37.1 Å². The van der Waals surface area contributed by atoms with Crippen LogP contribution in [0, 0.1) is 0 Å². The smallest absolute Gasteiger partial charge is 0.156 e. The molecule has 0 saturated heterocycles. The van der Waals surface area contributed by atoms with Gasteiger partial charge in [-0.2, -0.15) is 0 Å². The molecule has 3 heteroatoms. The van der Waals surface area contributed by atoms with Crippen LogP contribution in [-0.2, 0) is 12.8 Å². The minimum absolute atomic E-state index is 0.759. The number of aryl methyl sites for hydroxylation is 2. The van der Waals surface area contributed by atoms with Crippen molar-refractivity contribution in [2.24, 2.45) is 0 Å². The molecule has 0 fully saturated rings. The van der Waals surface area contributed by atoms with Gasteiger partial charge in [0.2, 0.25) is 0 Å². The second-order valence-electron chi connectivity index (χ2n) is 4.47. The number of pyridine rings is 1. The van der Waals surface area contributed by atoms with Crippen molar-refractivity contribution >= 4 is 17.2 Å². The van der Waals surface area contributed by atoms with Gasteiger partial charge >= 0.3 is 0 Å². The van der Waals surface area contributed by atoms with Gasteiger partial charge in [0.05, 0.1) is 10.7 Å². The molecule has 0 amide bonds. The molecule has 16 heavy (non-hydrogen) atoms. The molecule has 0 bridgehead atoms. The number of imidazole rings is 1. The van der Waals surface area contributed by atoms with Gasteiger partial charge in [-0.15, -0.1) is 0 Å². The predicted molar refractivity (Wildman–Crippen MR) is 66.1 cm³/mol. The highest BCUT2D eigenvalue weighted by atomic mass is 35.5. The zero-order valence-electron chi connectivity index (χ0n) is 9.25. The Hall–Kier alpha value is -1.02. The fourth-order valence-electron chi connectivity index (χ4n) is 2.53. The van der Waals surface area contributed by atoms with E-state index < -0.39 is 0 Å². The van der Waals surface area contributed by atoms with Crippen molar-refractivity contribution < 1.29 is 0 Å². The van der Waals surface area contributed by atoms with E-state index in [0.717, 1.165) is 23.5 Å². The molecule has 2 aromatic rings. The molecule has 2 nitrogen and oxygen atoms in total. The lowest BCUT2D eigenvalue weighted by Crippen LogP contribution is -2.00. The van der Waals surface area contributed by atoms with Crippen molar-refractivity contribution in [3.8, 4) is 0 Å². The van der Waals surface area contributed by atoms with Crippen LogP contribution in [-0.4, -0.2) is 9.38 Å². The number of aromatic nitrogens is 2. The number of hydrogen-bond donors (Lipinski definition) is 0. The first kappa shape index (κ1) is 10.2. The summed E-state index contributed by atoms with van der Waals surface area (Å²) in [5.41, 5.74) is 3.56. The van der Waals surface area contributed by atoms with Crippen LogP contribution in [0.5, 0.6) is 0 Å². The number of rotatable bonds is 0. The van der Waals surface area contributed by atoms with Crippen LogP contribution >= 0.6 is 11.6 Å². The number of fused-ring (bicyclic) bond motifs is 3. The minimum atomic E-state index is 0.759. The summed E-state index contributed by atoms with van der Waals surface area (Å²) < 4.78 is 2.17. The topological polar surface area (TPSA) is 17.3 Å². The zero-order valence-corrected chi connectivity index (χ0v) is 10.0. The molecule has 0 saturated carbocycles. The average molecular weight is 235 g/mol. The Morgan fingerprint density at radius 2 is 1.94 bits per heavy atom. The van der Waals surface area contributed by atoms with Gasteiger partial charge in [-0.1, -0.05) is 24.4 Å². The highest BCUT2D eigenvalue weighted by Gasteiger charge is 2.14. The van der Waals surface area contributed by atoms with Gasteiger partial charge in [-0.3, -0.25) is 0 Å². The summed E-state index contributed by atoms with van der Waals surface area (Å²) in [5.74, 6) is 0. The molecule has 2 heterocycles. The van der Waals surface area contributed by atoms with Crippen LogP contribution in [0.25, 0.3) is 5.65 Å². The Kier molecular flexibility index (Phi) is 2.60. The van der Waals surface area contributed by atoms with Crippen LogP contribution in [0.1, 0.15) is 37.1 Å². The molecule has 0 radical (unpaired) electrons. The molecule has 0 atom stereocenters. The lowest BCUT2D eigenvalue weighted by Gasteiger charge is -2.08. The van der Waals surface area contributed by atoms with E-state index in [1.54, 1.807) is 0 Å². The molecular weight excluding hydrogens is 220 g/mol. The zero-order chi connectivity index (χ0) is 11.0. The minimum Gasteiger partial charge on any atom is -0.303 e. The van der Waals surface area contributed by atoms with Crippen LogP contribution in [0.2, 0.25) is 5.02 Å². The Labute approximate surface area is 100 Å². The van der Waals surface area contributed by atoms with Crippen LogP contribution in [0.4, 0.5) is 0 Å². The van der Waals surface area contributed by atoms with E-state index in [4.69, 9.17) is 11.6 Å². The van der Waals surface area contributed by atoms with Crippen molar-refractivity contribution in [3.05, 3.63) is 34.7 Å². The molecular formula is C13H15ClN2. The normalized spacial score (nSPS) is 16.8.